The van der Waals surface area contributed by atoms with Gasteiger partial charge < -0.3 is 11.1 Å². The predicted molar refractivity (Wildman–Crippen MR) is 79.6 cm³/mol. The van der Waals surface area contributed by atoms with Crippen molar-refractivity contribution in [3.63, 3.8) is 0 Å². The van der Waals surface area contributed by atoms with Crippen molar-refractivity contribution in [2.75, 3.05) is 6.54 Å². The van der Waals surface area contributed by atoms with E-state index in [-0.39, 0.29) is 11.9 Å². The molecule has 0 fully saturated rings. The molecule has 0 aliphatic heterocycles. The van der Waals surface area contributed by atoms with Gasteiger partial charge in [-0.1, -0.05) is 41.9 Å². The van der Waals surface area contributed by atoms with Crippen LogP contribution >= 0.6 is 11.6 Å². The molecule has 0 aliphatic carbocycles. The highest BCUT2D eigenvalue weighted by Crippen LogP contribution is 2.12. The lowest BCUT2D eigenvalue weighted by Crippen LogP contribution is -2.27. The second-order valence-electron chi connectivity index (χ2n) is 4.42. The number of nitrogens with one attached hydrogen (secondary N) is 1. The third kappa shape index (κ3) is 4.05. The Labute approximate surface area is 123 Å². The predicted octanol–water partition coefficient (Wildman–Crippen LogP) is 2.55. The summed E-state index contributed by atoms with van der Waals surface area (Å²) in [5.41, 5.74) is 7.47. The molecule has 0 saturated carbocycles. The van der Waals surface area contributed by atoms with E-state index in [9.17, 15) is 4.79 Å². The minimum Gasteiger partial charge on any atom is -0.351 e. The van der Waals surface area contributed by atoms with Crippen LogP contribution in [-0.2, 0) is 0 Å². The molecule has 2 rings (SSSR count). The molecular weight excluding hydrogens is 274 g/mol. The highest BCUT2D eigenvalue weighted by Gasteiger charge is 2.08. The molecule has 1 aromatic carbocycles. The maximum absolute atomic E-state index is 11.8. The Hall–Kier alpha value is -1.91. The number of nitrogens with zero attached hydrogens (tertiary/aromatic N) is 1. The van der Waals surface area contributed by atoms with Crippen LogP contribution in [0.15, 0.2) is 48.7 Å². The molecule has 2 aromatic rings. The number of rotatable bonds is 5. The number of benzene rings is 1. The molecule has 0 spiro atoms. The molecule has 1 heterocycles. The van der Waals surface area contributed by atoms with E-state index in [1.165, 1.54) is 6.20 Å². The summed E-state index contributed by atoms with van der Waals surface area (Å²) in [5.74, 6) is -0.220. The van der Waals surface area contributed by atoms with Gasteiger partial charge in [-0.2, -0.15) is 0 Å². The molecule has 1 aromatic heterocycles. The highest BCUT2D eigenvalue weighted by molar-refractivity contribution is 6.30. The van der Waals surface area contributed by atoms with E-state index in [1.54, 1.807) is 12.1 Å². The van der Waals surface area contributed by atoms with Crippen LogP contribution in [0.5, 0.6) is 0 Å². The summed E-state index contributed by atoms with van der Waals surface area (Å²) in [6, 6.07) is 12.9. The number of carbonyl (C=O) groups is 1. The van der Waals surface area contributed by atoms with Crippen LogP contribution in [0, 0.1) is 0 Å². The fourth-order valence-corrected chi connectivity index (χ4v) is 1.92. The number of amides is 1. The van der Waals surface area contributed by atoms with Gasteiger partial charge in [0.2, 0.25) is 0 Å². The lowest BCUT2D eigenvalue weighted by Gasteiger charge is -2.12. The van der Waals surface area contributed by atoms with Crippen LogP contribution in [0.25, 0.3) is 0 Å². The average Bonchev–Trinajstić information content (AvgIpc) is 2.48. The number of hydrogen-bond acceptors (Lipinski definition) is 3. The molecular formula is C15H16ClN3O. The SMILES string of the molecule is NC(CCNC(=O)c1ccc(Cl)cn1)c1ccccc1. The first kappa shape index (κ1) is 14.5. The number of pyridine rings is 1. The van der Waals surface area contributed by atoms with Gasteiger partial charge in [0, 0.05) is 18.8 Å². The lowest BCUT2D eigenvalue weighted by molar-refractivity contribution is 0.0947. The van der Waals surface area contributed by atoms with Gasteiger partial charge in [0.05, 0.1) is 5.02 Å². The number of nitrogens with two attached hydrogens (primary N) is 1. The molecule has 3 N–H and O–H groups in total. The topological polar surface area (TPSA) is 68.0 Å². The molecule has 104 valence electrons. The molecule has 1 atom stereocenters. The monoisotopic (exact) mass is 289 g/mol. The third-order valence-electron chi connectivity index (χ3n) is 2.93. The molecule has 1 unspecified atom stereocenters. The van der Waals surface area contributed by atoms with E-state index in [0.717, 1.165) is 5.56 Å². The van der Waals surface area contributed by atoms with E-state index in [4.69, 9.17) is 17.3 Å². The number of carbonyl (C=O) groups excluding carboxylic acids is 1. The van der Waals surface area contributed by atoms with E-state index >= 15 is 0 Å². The van der Waals surface area contributed by atoms with E-state index in [0.29, 0.717) is 23.7 Å². The first-order valence-electron chi connectivity index (χ1n) is 6.37. The van der Waals surface area contributed by atoms with E-state index in [2.05, 4.69) is 10.3 Å². The van der Waals surface area contributed by atoms with Crippen molar-refractivity contribution in [3.05, 3.63) is 64.9 Å². The smallest absolute Gasteiger partial charge is 0.269 e. The largest absolute Gasteiger partial charge is 0.351 e. The van der Waals surface area contributed by atoms with E-state index < -0.39 is 0 Å². The standard InChI is InChI=1S/C15H16ClN3O/c16-12-6-7-14(19-10-12)15(20)18-9-8-13(17)11-4-2-1-3-5-11/h1-7,10,13H,8-9,17H2,(H,18,20). The molecule has 0 saturated heterocycles. The molecule has 20 heavy (non-hydrogen) atoms. The Morgan fingerprint density at radius 1 is 1.25 bits per heavy atom. The van der Waals surface area contributed by atoms with Crippen molar-refractivity contribution in [2.45, 2.75) is 12.5 Å². The van der Waals surface area contributed by atoms with Gasteiger partial charge >= 0.3 is 0 Å². The average molecular weight is 290 g/mol. The van der Waals surface area contributed by atoms with Gasteiger partial charge in [0.25, 0.3) is 5.91 Å². The van der Waals surface area contributed by atoms with Crippen LogP contribution in [-0.4, -0.2) is 17.4 Å². The highest BCUT2D eigenvalue weighted by atomic mass is 35.5. The van der Waals surface area contributed by atoms with Crippen molar-refractivity contribution in [1.29, 1.82) is 0 Å². The second kappa shape index (κ2) is 7.03. The minimum atomic E-state index is -0.220. The Balaban J connectivity index is 1.81. The first-order chi connectivity index (χ1) is 9.66. The van der Waals surface area contributed by atoms with Crippen LogP contribution in [0.2, 0.25) is 5.02 Å². The van der Waals surface area contributed by atoms with Crippen molar-refractivity contribution < 1.29 is 4.79 Å². The van der Waals surface area contributed by atoms with Crippen LogP contribution in [0.3, 0.4) is 0 Å². The van der Waals surface area contributed by atoms with Gasteiger partial charge in [0.15, 0.2) is 0 Å². The number of hydrogen-bond donors (Lipinski definition) is 2. The van der Waals surface area contributed by atoms with Gasteiger partial charge in [0.1, 0.15) is 5.69 Å². The molecule has 0 aliphatic rings. The minimum absolute atomic E-state index is 0.0883. The third-order valence-corrected chi connectivity index (χ3v) is 3.15. The summed E-state index contributed by atoms with van der Waals surface area (Å²) < 4.78 is 0. The van der Waals surface area contributed by atoms with Gasteiger partial charge in [-0.25, -0.2) is 4.98 Å². The maximum atomic E-state index is 11.8. The lowest BCUT2D eigenvalue weighted by atomic mass is 10.1. The molecule has 0 radical (unpaired) electrons. The fraction of sp³-hybridized carbons (Fsp3) is 0.200. The van der Waals surface area contributed by atoms with Gasteiger partial charge in [-0.3, -0.25) is 4.79 Å². The van der Waals surface area contributed by atoms with Crippen molar-refractivity contribution in [3.8, 4) is 0 Å². The molecule has 1 amide bonds. The van der Waals surface area contributed by atoms with Gasteiger partial charge in [-0.05, 0) is 24.1 Å². The Kier molecular flexibility index (Phi) is 5.09. The summed E-state index contributed by atoms with van der Waals surface area (Å²) in [6.45, 7) is 0.499. The van der Waals surface area contributed by atoms with Crippen molar-refractivity contribution in [2.24, 2.45) is 5.73 Å². The van der Waals surface area contributed by atoms with Crippen LogP contribution in [0.1, 0.15) is 28.5 Å². The summed E-state index contributed by atoms with van der Waals surface area (Å²) in [6.07, 6.45) is 2.12. The fourth-order valence-electron chi connectivity index (χ4n) is 1.81. The van der Waals surface area contributed by atoms with Crippen LogP contribution in [0.4, 0.5) is 0 Å². The second-order valence-corrected chi connectivity index (χ2v) is 4.86. The summed E-state index contributed by atoms with van der Waals surface area (Å²) in [5, 5.41) is 3.30. The van der Waals surface area contributed by atoms with Crippen molar-refractivity contribution in [1.82, 2.24) is 10.3 Å². The van der Waals surface area contributed by atoms with Crippen molar-refractivity contribution >= 4 is 17.5 Å². The summed E-state index contributed by atoms with van der Waals surface area (Å²) in [4.78, 5) is 15.8. The molecule has 5 heteroatoms. The molecule has 4 nitrogen and oxygen atoms in total. The Bertz CT molecular complexity index is 557. The maximum Gasteiger partial charge on any atom is 0.269 e. The number of halogens is 1. The zero-order valence-electron chi connectivity index (χ0n) is 10.9. The number of aromatic nitrogens is 1. The first-order valence-corrected chi connectivity index (χ1v) is 6.75. The zero-order chi connectivity index (χ0) is 14.4. The zero-order valence-corrected chi connectivity index (χ0v) is 11.7. The normalized spacial score (nSPS) is 11.9. The summed E-state index contributed by atoms with van der Waals surface area (Å²) >= 11 is 5.72. The Morgan fingerprint density at radius 3 is 2.65 bits per heavy atom. The summed E-state index contributed by atoms with van der Waals surface area (Å²) in [7, 11) is 0. The van der Waals surface area contributed by atoms with E-state index in [1.807, 2.05) is 30.3 Å². The molecule has 0 bridgehead atoms. The van der Waals surface area contributed by atoms with Gasteiger partial charge in [-0.15, -0.1) is 0 Å². The van der Waals surface area contributed by atoms with Crippen LogP contribution < -0.4 is 11.1 Å². The quantitative estimate of drug-likeness (QED) is 0.889. The Morgan fingerprint density at radius 2 is 2.00 bits per heavy atom.